The molecule has 1 amide bonds. The number of carbonyl (C=O) groups is 1. The van der Waals surface area contributed by atoms with Crippen LogP contribution in [0.4, 0.5) is 0 Å². The van der Waals surface area contributed by atoms with Gasteiger partial charge in [0.1, 0.15) is 12.4 Å². The number of hydrogen-bond donors (Lipinski definition) is 1. The van der Waals surface area contributed by atoms with Crippen LogP contribution in [0.25, 0.3) is 0 Å². The summed E-state index contributed by atoms with van der Waals surface area (Å²) in [7, 11) is 0. The van der Waals surface area contributed by atoms with Gasteiger partial charge in [-0.3, -0.25) is 4.79 Å². The molecule has 1 aliphatic carbocycles. The van der Waals surface area contributed by atoms with Gasteiger partial charge in [0, 0.05) is 10.6 Å². The number of hydrogen-bond acceptors (Lipinski definition) is 2. The molecule has 0 aliphatic heterocycles. The van der Waals surface area contributed by atoms with Crippen LogP contribution in [0.15, 0.2) is 42.5 Å². The number of halogens is 1. The highest BCUT2D eigenvalue weighted by Crippen LogP contribution is 2.25. The van der Waals surface area contributed by atoms with E-state index in [2.05, 4.69) is 17.4 Å². The van der Waals surface area contributed by atoms with Crippen molar-refractivity contribution >= 4 is 17.5 Å². The minimum Gasteiger partial charge on any atom is -0.492 e. The fourth-order valence-corrected chi connectivity index (χ4v) is 2.96. The van der Waals surface area contributed by atoms with Crippen LogP contribution in [-0.2, 0) is 12.8 Å². The van der Waals surface area contributed by atoms with E-state index < -0.39 is 0 Å². The Morgan fingerprint density at radius 2 is 1.78 bits per heavy atom. The minimum absolute atomic E-state index is 0.115. The van der Waals surface area contributed by atoms with Crippen molar-refractivity contribution in [2.24, 2.45) is 0 Å². The fraction of sp³-hybridized carbons (Fsp3) is 0.316. The maximum Gasteiger partial charge on any atom is 0.251 e. The van der Waals surface area contributed by atoms with Crippen LogP contribution in [0, 0.1) is 0 Å². The molecule has 0 aromatic heterocycles. The summed E-state index contributed by atoms with van der Waals surface area (Å²) in [5.74, 6) is 0.766. The van der Waals surface area contributed by atoms with Crippen molar-refractivity contribution in [2.45, 2.75) is 25.7 Å². The number of ether oxygens (including phenoxy) is 1. The molecular formula is C19H20ClNO2. The van der Waals surface area contributed by atoms with E-state index in [4.69, 9.17) is 16.3 Å². The number of nitrogens with one attached hydrogen (secondary N) is 1. The average Bonchev–Trinajstić information content (AvgIpc) is 2.59. The predicted octanol–water partition coefficient (Wildman–Crippen LogP) is 4.03. The molecule has 1 N–H and O–H groups in total. The lowest BCUT2D eigenvalue weighted by molar-refractivity contribution is 0.0947. The SMILES string of the molecule is O=C(NCCOc1ccc2c(c1)CCCC2)c1ccc(Cl)cc1. The van der Waals surface area contributed by atoms with Crippen molar-refractivity contribution in [3.8, 4) is 5.75 Å². The van der Waals surface area contributed by atoms with Gasteiger partial charge >= 0.3 is 0 Å². The zero-order chi connectivity index (χ0) is 16.1. The minimum atomic E-state index is -0.115. The van der Waals surface area contributed by atoms with Gasteiger partial charge in [-0.05, 0) is 73.2 Å². The Labute approximate surface area is 141 Å². The molecule has 23 heavy (non-hydrogen) atoms. The molecule has 1 aliphatic rings. The van der Waals surface area contributed by atoms with E-state index in [9.17, 15) is 4.79 Å². The van der Waals surface area contributed by atoms with Gasteiger partial charge in [0.25, 0.3) is 5.91 Å². The summed E-state index contributed by atoms with van der Waals surface area (Å²) in [6.45, 7) is 0.927. The number of rotatable bonds is 5. The molecule has 120 valence electrons. The average molecular weight is 330 g/mol. The Morgan fingerprint density at radius 3 is 2.57 bits per heavy atom. The third kappa shape index (κ3) is 4.26. The number of fused-ring (bicyclic) bond motifs is 1. The fourth-order valence-electron chi connectivity index (χ4n) is 2.84. The van der Waals surface area contributed by atoms with Crippen LogP contribution in [0.2, 0.25) is 5.02 Å². The number of aryl methyl sites for hydroxylation is 2. The summed E-state index contributed by atoms with van der Waals surface area (Å²) >= 11 is 5.81. The van der Waals surface area contributed by atoms with E-state index in [1.165, 1.54) is 30.4 Å². The third-order valence-corrected chi connectivity index (χ3v) is 4.33. The maximum absolute atomic E-state index is 11.9. The Hall–Kier alpha value is -2.00. The lowest BCUT2D eigenvalue weighted by Crippen LogP contribution is -2.28. The monoisotopic (exact) mass is 329 g/mol. The first-order valence-corrected chi connectivity index (χ1v) is 8.38. The highest BCUT2D eigenvalue weighted by Gasteiger charge is 2.10. The van der Waals surface area contributed by atoms with Crippen molar-refractivity contribution < 1.29 is 9.53 Å². The predicted molar refractivity (Wildman–Crippen MR) is 92.4 cm³/mol. The number of carbonyl (C=O) groups excluding carboxylic acids is 1. The molecule has 4 heteroatoms. The Bertz CT molecular complexity index is 682. The van der Waals surface area contributed by atoms with E-state index >= 15 is 0 Å². The first-order chi connectivity index (χ1) is 11.2. The zero-order valence-electron chi connectivity index (χ0n) is 13.0. The van der Waals surface area contributed by atoms with Crippen LogP contribution in [0.5, 0.6) is 5.75 Å². The third-order valence-electron chi connectivity index (χ3n) is 4.08. The van der Waals surface area contributed by atoms with E-state index in [0.717, 1.165) is 12.2 Å². The van der Waals surface area contributed by atoms with Crippen LogP contribution >= 0.6 is 11.6 Å². The summed E-state index contributed by atoms with van der Waals surface area (Å²) in [5, 5.41) is 3.47. The summed E-state index contributed by atoms with van der Waals surface area (Å²) in [6, 6.07) is 13.2. The molecule has 0 fully saturated rings. The first-order valence-electron chi connectivity index (χ1n) is 8.01. The van der Waals surface area contributed by atoms with Gasteiger partial charge in [-0.2, -0.15) is 0 Å². The van der Waals surface area contributed by atoms with Crippen LogP contribution in [0.1, 0.15) is 34.3 Å². The Morgan fingerprint density at radius 1 is 1.04 bits per heavy atom. The van der Waals surface area contributed by atoms with Gasteiger partial charge in [0.05, 0.1) is 6.54 Å². The first kappa shape index (κ1) is 15.9. The van der Waals surface area contributed by atoms with E-state index in [-0.39, 0.29) is 5.91 Å². The van der Waals surface area contributed by atoms with Crippen LogP contribution in [-0.4, -0.2) is 19.1 Å². The van der Waals surface area contributed by atoms with Crippen molar-refractivity contribution in [2.75, 3.05) is 13.2 Å². The molecule has 2 aromatic carbocycles. The number of amides is 1. The molecule has 0 saturated heterocycles. The van der Waals surface area contributed by atoms with Crippen molar-refractivity contribution in [3.63, 3.8) is 0 Å². The molecule has 0 saturated carbocycles. The van der Waals surface area contributed by atoms with Gasteiger partial charge < -0.3 is 10.1 Å². The highest BCUT2D eigenvalue weighted by atomic mass is 35.5. The van der Waals surface area contributed by atoms with Gasteiger partial charge in [-0.15, -0.1) is 0 Å². The zero-order valence-corrected chi connectivity index (χ0v) is 13.7. The standard InChI is InChI=1S/C19H20ClNO2/c20-17-8-5-15(6-9-17)19(22)21-11-12-23-18-10-7-14-3-1-2-4-16(14)13-18/h5-10,13H,1-4,11-12H2,(H,21,22). The van der Waals surface area contributed by atoms with E-state index in [0.29, 0.717) is 23.7 Å². The molecule has 0 atom stereocenters. The molecule has 0 heterocycles. The molecule has 3 nitrogen and oxygen atoms in total. The topological polar surface area (TPSA) is 38.3 Å². The quantitative estimate of drug-likeness (QED) is 0.841. The molecule has 0 unspecified atom stereocenters. The Balaban J connectivity index is 1.46. The lowest BCUT2D eigenvalue weighted by atomic mass is 9.92. The molecule has 2 aromatic rings. The normalized spacial score (nSPS) is 13.3. The summed E-state index contributed by atoms with van der Waals surface area (Å²) < 4.78 is 5.74. The van der Waals surface area contributed by atoms with Crippen molar-refractivity contribution in [1.82, 2.24) is 5.32 Å². The van der Waals surface area contributed by atoms with Gasteiger partial charge in [0.2, 0.25) is 0 Å². The molecule has 0 radical (unpaired) electrons. The van der Waals surface area contributed by atoms with E-state index in [1.54, 1.807) is 24.3 Å². The van der Waals surface area contributed by atoms with Gasteiger partial charge in [0.15, 0.2) is 0 Å². The Kier molecular flexibility index (Phi) is 5.19. The van der Waals surface area contributed by atoms with Gasteiger partial charge in [-0.1, -0.05) is 17.7 Å². The molecular weight excluding hydrogens is 310 g/mol. The second-order valence-corrected chi connectivity index (χ2v) is 6.19. The van der Waals surface area contributed by atoms with Crippen molar-refractivity contribution in [3.05, 3.63) is 64.2 Å². The lowest BCUT2D eigenvalue weighted by Gasteiger charge is -2.16. The van der Waals surface area contributed by atoms with Crippen LogP contribution < -0.4 is 10.1 Å². The van der Waals surface area contributed by atoms with Crippen LogP contribution in [0.3, 0.4) is 0 Å². The van der Waals surface area contributed by atoms with E-state index in [1.807, 2.05) is 6.07 Å². The summed E-state index contributed by atoms with van der Waals surface area (Å²) in [5.41, 5.74) is 3.45. The highest BCUT2D eigenvalue weighted by molar-refractivity contribution is 6.30. The molecule has 0 spiro atoms. The van der Waals surface area contributed by atoms with Gasteiger partial charge in [-0.25, -0.2) is 0 Å². The smallest absolute Gasteiger partial charge is 0.251 e. The second kappa shape index (κ2) is 7.51. The summed E-state index contributed by atoms with van der Waals surface area (Å²) in [6.07, 6.45) is 4.85. The van der Waals surface area contributed by atoms with Crippen molar-refractivity contribution in [1.29, 1.82) is 0 Å². The largest absolute Gasteiger partial charge is 0.492 e. The molecule has 0 bridgehead atoms. The second-order valence-electron chi connectivity index (χ2n) is 5.75. The number of benzene rings is 2. The maximum atomic E-state index is 11.9. The summed E-state index contributed by atoms with van der Waals surface area (Å²) in [4.78, 5) is 11.9. The molecule has 3 rings (SSSR count).